The van der Waals surface area contributed by atoms with Crippen LogP contribution in [0.15, 0.2) is 23.1 Å². The fourth-order valence-corrected chi connectivity index (χ4v) is 3.77. The minimum Gasteiger partial charge on any atom is -0.480 e. The lowest BCUT2D eigenvalue weighted by molar-refractivity contribution is -0.138. The number of carbonyl (C=O) groups is 1. The molecular weight excluding hydrogens is 347 g/mol. The fraction of sp³-hybridized carbons (Fsp3) is 0.417. The Morgan fingerprint density at radius 1 is 1.36 bits per heavy atom. The minimum absolute atomic E-state index is 0.398. The molecule has 0 bridgehead atoms. The largest absolute Gasteiger partial charge is 0.480 e. The highest BCUT2D eigenvalue weighted by molar-refractivity contribution is 7.89. The van der Waals surface area contributed by atoms with Crippen LogP contribution in [0.25, 0.3) is 0 Å². The number of carboxylic acid groups (broad SMARTS) is 1. The third kappa shape index (κ3) is 4.11. The number of benzene rings is 1. The predicted octanol–water partition coefficient (Wildman–Crippen LogP) is 2.84. The average Bonchev–Trinajstić information content (AvgIpc) is 2.34. The Morgan fingerprint density at radius 2 is 1.91 bits per heavy atom. The van der Waals surface area contributed by atoms with Crippen molar-refractivity contribution in [2.24, 2.45) is 0 Å². The number of sulfonamides is 1. The molecule has 0 saturated carbocycles. The topological polar surface area (TPSA) is 74.7 Å². The molecule has 0 aliphatic heterocycles. The zero-order valence-corrected chi connectivity index (χ0v) is 13.1. The Bertz CT molecular complexity index is 673. The molecule has 1 rings (SSSR count). The third-order valence-corrected chi connectivity index (χ3v) is 5.22. The lowest BCUT2D eigenvalue weighted by Gasteiger charge is -2.25. The first-order chi connectivity index (χ1) is 9.87. The van der Waals surface area contributed by atoms with E-state index in [2.05, 4.69) is 0 Å². The molecule has 0 spiro atoms. The van der Waals surface area contributed by atoms with Crippen LogP contribution >= 0.6 is 11.6 Å². The smallest absolute Gasteiger partial charge is 0.416 e. The molecule has 0 fully saturated rings. The van der Waals surface area contributed by atoms with Gasteiger partial charge in [-0.1, -0.05) is 11.6 Å². The van der Waals surface area contributed by atoms with E-state index in [0.717, 1.165) is 6.07 Å². The lowest BCUT2D eigenvalue weighted by atomic mass is 10.2. The van der Waals surface area contributed by atoms with Crippen molar-refractivity contribution in [3.05, 3.63) is 28.8 Å². The van der Waals surface area contributed by atoms with Gasteiger partial charge in [0.05, 0.1) is 10.6 Å². The van der Waals surface area contributed by atoms with E-state index >= 15 is 0 Å². The summed E-state index contributed by atoms with van der Waals surface area (Å²) in [4.78, 5) is 10.0. The van der Waals surface area contributed by atoms with Crippen LogP contribution in [0.2, 0.25) is 5.02 Å². The standard InChI is InChI=1S/C12H13ClF3NO4S/c1-7(2)17(6-11(18)19)22(20,21)10-5-8(12(14,15)16)3-4-9(10)13/h3-5,7H,6H2,1-2H3,(H,18,19). The maximum absolute atomic E-state index is 12.7. The number of aliphatic carboxylic acids is 1. The maximum atomic E-state index is 12.7. The average molecular weight is 360 g/mol. The van der Waals surface area contributed by atoms with E-state index in [1.807, 2.05) is 0 Å². The van der Waals surface area contributed by atoms with E-state index in [1.54, 1.807) is 0 Å². The van der Waals surface area contributed by atoms with Crippen LogP contribution in [0, 0.1) is 0 Å². The van der Waals surface area contributed by atoms with Gasteiger partial charge in [0.25, 0.3) is 0 Å². The molecule has 0 aromatic heterocycles. The number of alkyl halides is 3. The molecule has 0 saturated heterocycles. The predicted molar refractivity (Wildman–Crippen MR) is 73.1 cm³/mol. The molecule has 0 radical (unpaired) electrons. The van der Waals surface area contributed by atoms with E-state index in [0.29, 0.717) is 16.4 Å². The van der Waals surface area contributed by atoms with Crippen LogP contribution in [0.4, 0.5) is 13.2 Å². The van der Waals surface area contributed by atoms with E-state index in [4.69, 9.17) is 16.7 Å². The summed E-state index contributed by atoms with van der Waals surface area (Å²) in [5, 5.41) is 8.36. The van der Waals surface area contributed by atoms with Gasteiger partial charge in [-0.15, -0.1) is 0 Å². The molecule has 0 aliphatic rings. The summed E-state index contributed by atoms with van der Waals surface area (Å²) in [6.07, 6.45) is -4.75. The molecule has 5 nitrogen and oxygen atoms in total. The Labute approximate surface area is 130 Å². The highest BCUT2D eigenvalue weighted by Gasteiger charge is 2.35. The summed E-state index contributed by atoms with van der Waals surface area (Å²) < 4.78 is 63.5. The third-order valence-electron chi connectivity index (χ3n) is 2.71. The van der Waals surface area contributed by atoms with Gasteiger partial charge in [0.1, 0.15) is 11.4 Å². The van der Waals surface area contributed by atoms with Crippen molar-refractivity contribution in [1.29, 1.82) is 0 Å². The molecule has 0 unspecified atom stereocenters. The zero-order valence-electron chi connectivity index (χ0n) is 11.6. The van der Waals surface area contributed by atoms with Crippen molar-refractivity contribution < 1.29 is 31.5 Å². The van der Waals surface area contributed by atoms with Gasteiger partial charge in [0.15, 0.2) is 0 Å². The molecule has 0 amide bonds. The molecule has 0 aliphatic carbocycles. The maximum Gasteiger partial charge on any atom is 0.416 e. The first-order valence-corrected chi connectivity index (χ1v) is 7.79. The second-order valence-corrected chi connectivity index (χ2v) is 6.95. The molecule has 1 aromatic rings. The summed E-state index contributed by atoms with van der Waals surface area (Å²) in [5.41, 5.74) is -1.19. The second-order valence-electron chi connectivity index (χ2n) is 4.68. The van der Waals surface area contributed by atoms with Gasteiger partial charge >= 0.3 is 12.1 Å². The van der Waals surface area contributed by atoms with Gasteiger partial charge in [-0.3, -0.25) is 4.79 Å². The highest BCUT2D eigenvalue weighted by atomic mass is 35.5. The fourth-order valence-electron chi connectivity index (χ4n) is 1.68. The quantitative estimate of drug-likeness (QED) is 0.877. The van der Waals surface area contributed by atoms with Gasteiger partial charge in [-0.05, 0) is 32.0 Å². The summed E-state index contributed by atoms with van der Waals surface area (Å²) in [5.74, 6) is -1.43. The normalized spacial score (nSPS) is 12.9. The van der Waals surface area contributed by atoms with Gasteiger partial charge in [0.2, 0.25) is 10.0 Å². The molecule has 10 heteroatoms. The summed E-state index contributed by atoms with van der Waals surface area (Å²) >= 11 is 5.70. The van der Waals surface area contributed by atoms with Crippen LogP contribution in [0.1, 0.15) is 19.4 Å². The molecule has 0 atom stereocenters. The van der Waals surface area contributed by atoms with E-state index in [1.165, 1.54) is 13.8 Å². The first kappa shape index (κ1) is 18.7. The van der Waals surface area contributed by atoms with Crippen molar-refractivity contribution in [2.75, 3.05) is 6.54 Å². The molecule has 22 heavy (non-hydrogen) atoms. The summed E-state index contributed by atoms with van der Waals surface area (Å²) in [6, 6.07) is 1.09. The molecule has 124 valence electrons. The Hall–Kier alpha value is -1.32. The van der Waals surface area contributed by atoms with E-state index in [9.17, 15) is 26.4 Å². The van der Waals surface area contributed by atoms with Crippen molar-refractivity contribution >= 4 is 27.6 Å². The number of carboxylic acids is 1. The number of hydrogen-bond donors (Lipinski definition) is 1. The van der Waals surface area contributed by atoms with Crippen LogP contribution in [-0.4, -0.2) is 36.4 Å². The summed E-state index contributed by atoms with van der Waals surface area (Å²) in [6.45, 7) is 1.93. The van der Waals surface area contributed by atoms with Crippen molar-refractivity contribution in [2.45, 2.75) is 31.0 Å². The Balaban J connectivity index is 3.46. The minimum atomic E-state index is -4.75. The van der Waals surface area contributed by atoms with E-state index in [-0.39, 0.29) is 0 Å². The molecule has 0 heterocycles. The number of halogens is 4. The van der Waals surface area contributed by atoms with Gasteiger partial charge in [-0.25, -0.2) is 8.42 Å². The number of rotatable bonds is 5. The Kier molecular flexibility index (Phi) is 5.47. The van der Waals surface area contributed by atoms with Crippen LogP contribution in [0.3, 0.4) is 0 Å². The molecule has 1 N–H and O–H groups in total. The van der Waals surface area contributed by atoms with Crippen LogP contribution in [-0.2, 0) is 21.0 Å². The number of nitrogens with zero attached hydrogens (tertiary/aromatic N) is 1. The van der Waals surface area contributed by atoms with Gasteiger partial charge in [0, 0.05) is 6.04 Å². The van der Waals surface area contributed by atoms with Gasteiger partial charge < -0.3 is 5.11 Å². The van der Waals surface area contributed by atoms with Crippen LogP contribution < -0.4 is 0 Å². The second kappa shape index (κ2) is 6.43. The van der Waals surface area contributed by atoms with Crippen molar-refractivity contribution in [3.63, 3.8) is 0 Å². The lowest BCUT2D eigenvalue weighted by Crippen LogP contribution is -2.40. The molecular formula is C12H13ClF3NO4S. The SMILES string of the molecule is CC(C)N(CC(=O)O)S(=O)(=O)c1cc(C(F)(F)F)ccc1Cl. The first-order valence-electron chi connectivity index (χ1n) is 5.97. The van der Waals surface area contributed by atoms with Crippen molar-refractivity contribution in [1.82, 2.24) is 4.31 Å². The molecule has 1 aromatic carbocycles. The van der Waals surface area contributed by atoms with Gasteiger partial charge in [-0.2, -0.15) is 17.5 Å². The monoisotopic (exact) mass is 359 g/mol. The van der Waals surface area contributed by atoms with Crippen molar-refractivity contribution in [3.8, 4) is 0 Å². The Morgan fingerprint density at radius 3 is 2.32 bits per heavy atom. The number of hydrogen-bond acceptors (Lipinski definition) is 3. The zero-order chi connectivity index (χ0) is 17.3. The summed E-state index contributed by atoms with van der Waals surface area (Å²) in [7, 11) is -4.49. The highest BCUT2D eigenvalue weighted by Crippen LogP contribution is 2.34. The van der Waals surface area contributed by atoms with Crippen LogP contribution in [0.5, 0.6) is 0 Å². The van der Waals surface area contributed by atoms with E-state index < -0.39 is 50.2 Å².